The van der Waals surface area contributed by atoms with Crippen molar-refractivity contribution in [2.75, 3.05) is 6.61 Å². The molecule has 0 unspecified atom stereocenters. The van der Waals surface area contributed by atoms with Crippen LogP contribution in [-0.2, 0) is 4.74 Å². The maximum atomic E-state index is 12.3. The SMILES string of the molecule is CCOC(=O)c1c(C)nc(C)c(C#N)c1-c1ccc([N+](=O)[O-])cc1. The van der Waals surface area contributed by atoms with Gasteiger partial charge in [0.25, 0.3) is 5.69 Å². The lowest BCUT2D eigenvalue weighted by atomic mass is 9.93. The monoisotopic (exact) mass is 325 g/mol. The number of benzene rings is 1. The fraction of sp³-hybridized carbons (Fsp3) is 0.235. The number of nitrogens with zero attached hydrogens (tertiary/aromatic N) is 3. The summed E-state index contributed by atoms with van der Waals surface area (Å²) < 4.78 is 5.08. The van der Waals surface area contributed by atoms with Crippen LogP contribution in [0.25, 0.3) is 11.1 Å². The van der Waals surface area contributed by atoms with E-state index in [1.54, 1.807) is 20.8 Å². The molecule has 2 rings (SSSR count). The van der Waals surface area contributed by atoms with Crippen molar-refractivity contribution in [2.24, 2.45) is 0 Å². The maximum absolute atomic E-state index is 12.3. The van der Waals surface area contributed by atoms with E-state index in [1.165, 1.54) is 24.3 Å². The number of non-ortho nitro benzene ring substituents is 1. The summed E-state index contributed by atoms with van der Waals surface area (Å²) in [7, 11) is 0. The molecule has 122 valence electrons. The lowest BCUT2D eigenvalue weighted by Gasteiger charge is -2.15. The number of carbonyl (C=O) groups excluding carboxylic acids is 1. The van der Waals surface area contributed by atoms with E-state index < -0.39 is 10.9 Å². The number of pyridine rings is 1. The molecule has 7 nitrogen and oxygen atoms in total. The quantitative estimate of drug-likeness (QED) is 0.485. The molecule has 2 aromatic rings. The van der Waals surface area contributed by atoms with Crippen molar-refractivity contribution >= 4 is 11.7 Å². The highest BCUT2D eigenvalue weighted by molar-refractivity contribution is 6.00. The van der Waals surface area contributed by atoms with E-state index in [0.29, 0.717) is 22.5 Å². The Labute approximate surface area is 138 Å². The summed E-state index contributed by atoms with van der Waals surface area (Å²) in [6, 6.07) is 7.74. The second-order valence-corrected chi connectivity index (χ2v) is 5.04. The van der Waals surface area contributed by atoms with E-state index in [1.807, 2.05) is 0 Å². The number of carbonyl (C=O) groups is 1. The predicted octanol–water partition coefficient (Wildman–Crippen LogP) is 3.32. The number of ether oxygens (including phenoxy) is 1. The zero-order chi connectivity index (χ0) is 17.9. The van der Waals surface area contributed by atoms with Gasteiger partial charge in [-0.1, -0.05) is 0 Å². The van der Waals surface area contributed by atoms with Crippen molar-refractivity contribution < 1.29 is 14.5 Å². The summed E-state index contributed by atoms with van der Waals surface area (Å²) >= 11 is 0. The molecule has 1 heterocycles. The van der Waals surface area contributed by atoms with Crippen LogP contribution >= 0.6 is 0 Å². The Kier molecular flexibility index (Phi) is 4.90. The Balaban J connectivity index is 2.76. The number of aryl methyl sites for hydroxylation is 2. The molecular formula is C17H15N3O4. The summed E-state index contributed by atoms with van der Waals surface area (Å²) in [4.78, 5) is 26.9. The van der Waals surface area contributed by atoms with E-state index in [-0.39, 0.29) is 23.4 Å². The molecule has 0 aliphatic heterocycles. The zero-order valence-electron chi connectivity index (χ0n) is 13.5. The number of hydrogen-bond acceptors (Lipinski definition) is 6. The van der Waals surface area contributed by atoms with Gasteiger partial charge in [-0.2, -0.15) is 5.26 Å². The molecule has 0 radical (unpaired) electrons. The lowest BCUT2D eigenvalue weighted by molar-refractivity contribution is -0.384. The Morgan fingerprint density at radius 2 is 1.92 bits per heavy atom. The number of esters is 1. The first-order chi connectivity index (χ1) is 11.4. The molecule has 0 spiro atoms. The van der Waals surface area contributed by atoms with Crippen LogP contribution < -0.4 is 0 Å². The van der Waals surface area contributed by atoms with Crippen LogP contribution in [0, 0.1) is 35.3 Å². The van der Waals surface area contributed by atoms with Gasteiger partial charge in [-0.25, -0.2) is 4.79 Å². The van der Waals surface area contributed by atoms with Gasteiger partial charge in [0.05, 0.1) is 34.0 Å². The molecule has 0 N–H and O–H groups in total. The van der Waals surface area contributed by atoms with Gasteiger partial charge < -0.3 is 4.74 Å². The van der Waals surface area contributed by atoms with Crippen molar-refractivity contribution in [3.8, 4) is 17.2 Å². The minimum atomic E-state index is -0.577. The highest BCUT2D eigenvalue weighted by Gasteiger charge is 2.23. The van der Waals surface area contributed by atoms with Gasteiger partial charge in [-0.05, 0) is 38.5 Å². The summed E-state index contributed by atoms with van der Waals surface area (Å²) in [5, 5.41) is 20.3. The minimum Gasteiger partial charge on any atom is -0.462 e. The molecule has 0 saturated heterocycles. The van der Waals surface area contributed by atoms with Gasteiger partial charge in [0.2, 0.25) is 0 Å². The average Bonchev–Trinajstić information content (AvgIpc) is 2.54. The molecule has 1 aromatic carbocycles. The number of nitro benzene ring substituents is 1. The Morgan fingerprint density at radius 1 is 1.29 bits per heavy atom. The molecule has 0 fully saturated rings. The van der Waals surface area contributed by atoms with Crippen molar-refractivity contribution in [2.45, 2.75) is 20.8 Å². The number of hydrogen-bond donors (Lipinski definition) is 0. The van der Waals surface area contributed by atoms with Gasteiger partial charge in [-0.3, -0.25) is 15.1 Å². The van der Waals surface area contributed by atoms with Gasteiger partial charge in [0, 0.05) is 17.7 Å². The second kappa shape index (κ2) is 6.87. The third-order valence-electron chi connectivity index (χ3n) is 3.52. The lowest BCUT2D eigenvalue weighted by Crippen LogP contribution is -2.12. The topological polar surface area (TPSA) is 106 Å². The number of aromatic nitrogens is 1. The van der Waals surface area contributed by atoms with E-state index in [4.69, 9.17) is 4.74 Å². The molecule has 0 aliphatic rings. The number of nitriles is 1. The molecule has 0 amide bonds. The molecule has 0 saturated carbocycles. The van der Waals surface area contributed by atoms with Crippen molar-refractivity contribution in [1.82, 2.24) is 4.98 Å². The first kappa shape index (κ1) is 17.1. The van der Waals surface area contributed by atoms with Crippen LogP contribution in [0.1, 0.15) is 34.2 Å². The number of nitro groups is 1. The van der Waals surface area contributed by atoms with Gasteiger partial charge >= 0.3 is 5.97 Å². The third-order valence-corrected chi connectivity index (χ3v) is 3.52. The number of rotatable bonds is 4. The van der Waals surface area contributed by atoms with Crippen LogP contribution in [0.15, 0.2) is 24.3 Å². The van der Waals surface area contributed by atoms with E-state index in [2.05, 4.69) is 11.1 Å². The normalized spacial score (nSPS) is 10.1. The van der Waals surface area contributed by atoms with Crippen LogP contribution in [0.2, 0.25) is 0 Å². The Hall–Kier alpha value is -3.27. The molecule has 7 heteroatoms. The average molecular weight is 325 g/mol. The standard InChI is InChI=1S/C17H15N3O4/c1-4-24-17(21)15-11(3)19-10(2)14(9-18)16(15)12-5-7-13(8-6-12)20(22)23/h5-8H,4H2,1-3H3. The van der Waals surface area contributed by atoms with Crippen molar-refractivity contribution in [1.29, 1.82) is 5.26 Å². The van der Waals surface area contributed by atoms with Crippen LogP contribution in [-0.4, -0.2) is 22.5 Å². The minimum absolute atomic E-state index is 0.0718. The Bertz CT molecular complexity index is 852. The summed E-state index contributed by atoms with van der Waals surface area (Å²) in [6.07, 6.45) is 0. The molecule has 0 bridgehead atoms. The van der Waals surface area contributed by atoms with Crippen LogP contribution in [0.4, 0.5) is 5.69 Å². The van der Waals surface area contributed by atoms with Crippen molar-refractivity contribution in [3.63, 3.8) is 0 Å². The first-order valence-corrected chi connectivity index (χ1v) is 7.23. The van der Waals surface area contributed by atoms with E-state index in [0.717, 1.165) is 0 Å². The van der Waals surface area contributed by atoms with Crippen LogP contribution in [0.5, 0.6) is 0 Å². The highest BCUT2D eigenvalue weighted by atomic mass is 16.6. The maximum Gasteiger partial charge on any atom is 0.340 e. The van der Waals surface area contributed by atoms with E-state index >= 15 is 0 Å². The third kappa shape index (κ3) is 3.08. The molecule has 0 atom stereocenters. The first-order valence-electron chi connectivity index (χ1n) is 7.23. The molecule has 1 aromatic heterocycles. The molecule has 24 heavy (non-hydrogen) atoms. The summed E-state index contributed by atoms with van der Waals surface area (Å²) in [6.45, 7) is 5.21. The predicted molar refractivity (Wildman–Crippen MR) is 86.5 cm³/mol. The molecule has 0 aliphatic carbocycles. The summed E-state index contributed by atoms with van der Waals surface area (Å²) in [5.41, 5.74) is 2.21. The highest BCUT2D eigenvalue weighted by Crippen LogP contribution is 2.32. The fourth-order valence-corrected chi connectivity index (χ4v) is 2.48. The van der Waals surface area contributed by atoms with E-state index in [9.17, 15) is 20.2 Å². The second-order valence-electron chi connectivity index (χ2n) is 5.04. The molecular weight excluding hydrogens is 310 g/mol. The van der Waals surface area contributed by atoms with Gasteiger partial charge in [0.15, 0.2) is 0 Å². The largest absolute Gasteiger partial charge is 0.462 e. The van der Waals surface area contributed by atoms with Crippen molar-refractivity contribution in [3.05, 3.63) is 56.9 Å². The van der Waals surface area contributed by atoms with Gasteiger partial charge in [-0.15, -0.1) is 0 Å². The summed E-state index contributed by atoms with van der Waals surface area (Å²) in [5.74, 6) is -0.577. The Morgan fingerprint density at radius 3 is 2.42 bits per heavy atom. The smallest absolute Gasteiger partial charge is 0.340 e. The van der Waals surface area contributed by atoms with Gasteiger partial charge in [0.1, 0.15) is 6.07 Å². The van der Waals surface area contributed by atoms with Crippen LogP contribution in [0.3, 0.4) is 0 Å². The zero-order valence-corrected chi connectivity index (χ0v) is 13.5. The fourth-order valence-electron chi connectivity index (χ4n) is 2.48.